The molecule has 0 atom stereocenters. The summed E-state index contributed by atoms with van der Waals surface area (Å²) in [5.74, 6) is 0.734. The summed E-state index contributed by atoms with van der Waals surface area (Å²) in [6.07, 6.45) is 1.03. The normalized spacial score (nSPS) is 9.70. The molecule has 1 nitrogen and oxygen atoms in total. The van der Waals surface area contributed by atoms with Crippen molar-refractivity contribution in [3.63, 3.8) is 0 Å². The largest absolute Gasteiger partial charge is 0.377 e. The lowest BCUT2D eigenvalue weighted by molar-refractivity contribution is 0.991. The van der Waals surface area contributed by atoms with Crippen LogP contribution in [0.15, 0.2) is 17.5 Å². The first kappa shape index (κ1) is 7.89. The van der Waals surface area contributed by atoms with Gasteiger partial charge in [-0.2, -0.15) is 0 Å². The van der Waals surface area contributed by atoms with Gasteiger partial charge in [-0.05, 0) is 23.9 Å². The molecule has 0 aliphatic heterocycles. The van der Waals surface area contributed by atoms with Crippen molar-refractivity contribution in [1.29, 1.82) is 0 Å². The van der Waals surface area contributed by atoms with Crippen molar-refractivity contribution in [2.45, 2.75) is 6.42 Å². The van der Waals surface area contributed by atoms with Crippen LogP contribution >= 0.6 is 22.9 Å². The van der Waals surface area contributed by atoms with Crippen LogP contribution in [0.1, 0.15) is 6.42 Å². The molecule has 1 rings (SSSR count). The predicted molar refractivity (Wildman–Crippen MR) is 48.1 cm³/mol. The van der Waals surface area contributed by atoms with Crippen LogP contribution in [0.3, 0.4) is 0 Å². The van der Waals surface area contributed by atoms with Crippen LogP contribution in [0.2, 0.25) is 0 Å². The third kappa shape index (κ3) is 2.58. The molecule has 0 unspecified atom stereocenters. The Bertz CT molecular complexity index is 162. The second-order valence-corrected chi connectivity index (χ2v) is 3.27. The van der Waals surface area contributed by atoms with Crippen LogP contribution in [0.25, 0.3) is 0 Å². The summed E-state index contributed by atoms with van der Waals surface area (Å²) in [6, 6.07) is 4.10. The molecule has 0 radical (unpaired) electrons. The fourth-order valence-corrected chi connectivity index (χ4v) is 1.44. The van der Waals surface area contributed by atoms with Crippen molar-refractivity contribution in [2.75, 3.05) is 17.7 Å². The molecule has 1 N–H and O–H groups in total. The molecular weight excluding hydrogens is 166 g/mol. The molecule has 1 aromatic heterocycles. The summed E-state index contributed by atoms with van der Waals surface area (Å²) in [7, 11) is 0. The number of halogens is 1. The number of hydrogen-bond donors (Lipinski definition) is 1. The number of alkyl halides is 1. The predicted octanol–water partition coefficient (Wildman–Crippen LogP) is 2.79. The molecule has 0 amide bonds. The minimum absolute atomic E-state index is 0.734. The standard InChI is InChI=1S/C7H10ClNS/c8-4-2-5-9-7-3-1-6-10-7/h1,3,6,9H,2,4-5H2. The molecule has 0 saturated carbocycles. The van der Waals surface area contributed by atoms with Gasteiger partial charge in [-0.15, -0.1) is 22.9 Å². The van der Waals surface area contributed by atoms with E-state index >= 15 is 0 Å². The second kappa shape index (κ2) is 4.58. The third-order valence-corrected chi connectivity index (χ3v) is 2.23. The molecule has 0 aliphatic rings. The van der Waals surface area contributed by atoms with Crippen LogP contribution in [0.5, 0.6) is 0 Å². The molecule has 0 spiro atoms. The maximum Gasteiger partial charge on any atom is 0.0882 e. The van der Waals surface area contributed by atoms with Crippen molar-refractivity contribution < 1.29 is 0 Å². The minimum Gasteiger partial charge on any atom is -0.377 e. The molecule has 0 bridgehead atoms. The average molecular weight is 176 g/mol. The number of nitrogens with one attached hydrogen (secondary N) is 1. The minimum atomic E-state index is 0.734. The van der Waals surface area contributed by atoms with Gasteiger partial charge in [0.2, 0.25) is 0 Å². The van der Waals surface area contributed by atoms with E-state index in [9.17, 15) is 0 Å². The zero-order valence-electron chi connectivity index (χ0n) is 5.64. The second-order valence-electron chi connectivity index (χ2n) is 1.95. The molecule has 3 heteroatoms. The fraction of sp³-hybridized carbons (Fsp3) is 0.429. The quantitative estimate of drug-likeness (QED) is 0.548. The molecular formula is C7H10ClNS. The summed E-state index contributed by atoms with van der Waals surface area (Å²) in [6.45, 7) is 0.976. The Balaban J connectivity index is 2.15. The van der Waals surface area contributed by atoms with Crippen LogP contribution in [0.4, 0.5) is 5.00 Å². The topological polar surface area (TPSA) is 12.0 Å². The van der Waals surface area contributed by atoms with Gasteiger partial charge < -0.3 is 5.32 Å². The molecule has 56 valence electrons. The van der Waals surface area contributed by atoms with Crippen molar-refractivity contribution >= 4 is 27.9 Å². The zero-order chi connectivity index (χ0) is 7.23. The van der Waals surface area contributed by atoms with Crippen LogP contribution in [-0.4, -0.2) is 12.4 Å². The Hall–Kier alpha value is -0.210. The fourth-order valence-electron chi connectivity index (χ4n) is 0.658. The maximum atomic E-state index is 5.51. The van der Waals surface area contributed by atoms with Crippen molar-refractivity contribution in [2.24, 2.45) is 0 Å². The molecule has 0 aromatic carbocycles. The van der Waals surface area contributed by atoms with Gasteiger partial charge in [0, 0.05) is 12.4 Å². The Labute approximate surface area is 70.0 Å². The van der Waals surface area contributed by atoms with E-state index in [0.29, 0.717) is 0 Å². The number of thiophene rings is 1. The van der Waals surface area contributed by atoms with Crippen LogP contribution < -0.4 is 5.32 Å². The highest BCUT2D eigenvalue weighted by molar-refractivity contribution is 7.14. The Morgan fingerprint density at radius 3 is 3.10 bits per heavy atom. The number of hydrogen-bond acceptors (Lipinski definition) is 2. The highest BCUT2D eigenvalue weighted by Gasteiger charge is 1.88. The zero-order valence-corrected chi connectivity index (χ0v) is 7.21. The van der Waals surface area contributed by atoms with E-state index in [4.69, 9.17) is 11.6 Å². The maximum absolute atomic E-state index is 5.51. The van der Waals surface area contributed by atoms with Gasteiger partial charge in [0.05, 0.1) is 5.00 Å². The van der Waals surface area contributed by atoms with Crippen LogP contribution in [0, 0.1) is 0 Å². The molecule has 0 aliphatic carbocycles. The summed E-state index contributed by atoms with van der Waals surface area (Å²) < 4.78 is 0. The summed E-state index contributed by atoms with van der Waals surface area (Å²) >= 11 is 7.22. The van der Waals surface area contributed by atoms with Gasteiger partial charge in [-0.3, -0.25) is 0 Å². The van der Waals surface area contributed by atoms with Crippen LogP contribution in [-0.2, 0) is 0 Å². The molecule has 0 saturated heterocycles. The number of anilines is 1. The van der Waals surface area contributed by atoms with Crippen molar-refractivity contribution in [3.8, 4) is 0 Å². The van der Waals surface area contributed by atoms with E-state index in [1.165, 1.54) is 5.00 Å². The first-order valence-electron chi connectivity index (χ1n) is 3.27. The van der Waals surface area contributed by atoms with E-state index < -0.39 is 0 Å². The monoisotopic (exact) mass is 175 g/mol. The Kier molecular flexibility index (Phi) is 3.62. The Morgan fingerprint density at radius 2 is 2.50 bits per heavy atom. The van der Waals surface area contributed by atoms with E-state index in [1.54, 1.807) is 11.3 Å². The first-order valence-corrected chi connectivity index (χ1v) is 4.68. The van der Waals surface area contributed by atoms with Gasteiger partial charge in [0.1, 0.15) is 0 Å². The average Bonchev–Trinajstić information content (AvgIpc) is 2.41. The first-order chi connectivity index (χ1) is 4.93. The number of rotatable bonds is 4. The molecule has 1 heterocycles. The van der Waals surface area contributed by atoms with Gasteiger partial charge in [0.25, 0.3) is 0 Å². The Morgan fingerprint density at radius 1 is 1.60 bits per heavy atom. The lowest BCUT2D eigenvalue weighted by atomic mass is 10.5. The summed E-state index contributed by atoms with van der Waals surface area (Å²) in [4.78, 5) is 0. The molecule has 10 heavy (non-hydrogen) atoms. The highest BCUT2D eigenvalue weighted by atomic mass is 35.5. The van der Waals surface area contributed by atoms with Crippen molar-refractivity contribution in [3.05, 3.63) is 17.5 Å². The summed E-state index contributed by atoms with van der Waals surface area (Å²) in [5.41, 5.74) is 0. The highest BCUT2D eigenvalue weighted by Crippen LogP contribution is 2.14. The summed E-state index contributed by atoms with van der Waals surface area (Å²) in [5, 5.41) is 6.55. The van der Waals surface area contributed by atoms with E-state index in [-0.39, 0.29) is 0 Å². The lowest BCUT2D eigenvalue weighted by Gasteiger charge is -1.98. The lowest BCUT2D eigenvalue weighted by Crippen LogP contribution is -1.99. The molecule has 0 fully saturated rings. The molecule has 1 aromatic rings. The SMILES string of the molecule is ClCCCNc1cccs1. The van der Waals surface area contributed by atoms with Crippen molar-refractivity contribution in [1.82, 2.24) is 0 Å². The van der Waals surface area contributed by atoms with Gasteiger partial charge in [-0.25, -0.2) is 0 Å². The third-order valence-electron chi connectivity index (χ3n) is 1.13. The van der Waals surface area contributed by atoms with Gasteiger partial charge in [-0.1, -0.05) is 0 Å². The van der Waals surface area contributed by atoms with E-state index in [0.717, 1.165) is 18.8 Å². The van der Waals surface area contributed by atoms with E-state index in [1.807, 2.05) is 6.07 Å². The van der Waals surface area contributed by atoms with Gasteiger partial charge in [0.15, 0.2) is 0 Å². The van der Waals surface area contributed by atoms with E-state index in [2.05, 4.69) is 16.8 Å². The van der Waals surface area contributed by atoms with Gasteiger partial charge >= 0.3 is 0 Å². The smallest absolute Gasteiger partial charge is 0.0882 e.